The van der Waals surface area contributed by atoms with Crippen LogP contribution in [-0.4, -0.2) is 28.1 Å². The number of amides is 2. The Balaban J connectivity index is 1.89. The Morgan fingerprint density at radius 2 is 1.91 bits per heavy atom. The van der Waals surface area contributed by atoms with E-state index in [9.17, 15) is 9.59 Å². The molecular formula is C17H28N4O2. The third-order valence-corrected chi connectivity index (χ3v) is 4.84. The van der Waals surface area contributed by atoms with E-state index >= 15 is 0 Å². The van der Waals surface area contributed by atoms with Crippen molar-refractivity contribution in [2.24, 2.45) is 13.0 Å². The fourth-order valence-corrected chi connectivity index (χ4v) is 3.21. The summed E-state index contributed by atoms with van der Waals surface area (Å²) in [5.74, 6) is 0.145. The molecule has 1 saturated carbocycles. The van der Waals surface area contributed by atoms with Gasteiger partial charge in [-0.25, -0.2) is 0 Å². The van der Waals surface area contributed by atoms with E-state index < -0.39 is 11.8 Å². The molecule has 128 valence electrons. The molecule has 0 unspecified atom stereocenters. The minimum absolute atomic E-state index is 0.413. The Morgan fingerprint density at radius 1 is 1.26 bits per heavy atom. The summed E-state index contributed by atoms with van der Waals surface area (Å²) in [6, 6.07) is 1.89. The number of hydrogen-bond donors (Lipinski definition) is 2. The van der Waals surface area contributed by atoms with Crippen LogP contribution >= 0.6 is 0 Å². The van der Waals surface area contributed by atoms with Gasteiger partial charge in [-0.2, -0.15) is 5.10 Å². The molecule has 2 rings (SSSR count). The van der Waals surface area contributed by atoms with E-state index in [1.165, 1.54) is 25.7 Å². The SMILES string of the molecule is CCC(CC)CNC(=O)C(=O)Nc1cc(C2CCCC2)n(C)n1. The molecular weight excluding hydrogens is 292 g/mol. The Kier molecular flexibility index (Phi) is 6.19. The van der Waals surface area contributed by atoms with Crippen LogP contribution in [0.3, 0.4) is 0 Å². The van der Waals surface area contributed by atoms with Gasteiger partial charge in [0.2, 0.25) is 0 Å². The van der Waals surface area contributed by atoms with Gasteiger partial charge in [-0.3, -0.25) is 14.3 Å². The van der Waals surface area contributed by atoms with Gasteiger partial charge in [0.1, 0.15) is 0 Å². The van der Waals surface area contributed by atoms with Crippen LogP contribution in [0.5, 0.6) is 0 Å². The molecule has 23 heavy (non-hydrogen) atoms. The maximum atomic E-state index is 12.0. The van der Waals surface area contributed by atoms with Crippen LogP contribution in [0.1, 0.15) is 64.0 Å². The summed E-state index contributed by atoms with van der Waals surface area (Å²) in [6.07, 6.45) is 6.81. The summed E-state index contributed by atoms with van der Waals surface area (Å²) >= 11 is 0. The van der Waals surface area contributed by atoms with Crippen molar-refractivity contribution >= 4 is 17.6 Å². The molecule has 0 aliphatic heterocycles. The van der Waals surface area contributed by atoms with E-state index in [2.05, 4.69) is 29.6 Å². The van der Waals surface area contributed by atoms with E-state index in [1.54, 1.807) is 0 Å². The third-order valence-electron chi connectivity index (χ3n) is 4.84. The minimum Gasteiger partial charge on any atom is -0.348 e. The lowest BCUT2D eigenvalue weighted by Gasteiger charge is -2.12. The lowest BCUT2D eigenvalue weighted by Crippen LogP contribution is -2.38. The molecule has 6 nitrogen and oxygen atoms in total. The highest BCUT2D eigenvalue weighted by Crippen LogP contribution is 2.34. The number of aryl methyl sites for hydroxylation is 1. The maximum absolute atomic E-state index is 12.0. The maximum Gasteiger partial charge on any atom is 0.314 e. The number of rotatable bonds is 6. The first-order chi connectivity index (χ1) is 11.0. The van der Waals surface area contributed by atoms with E-state index in [0.29, 0.717) is 24.2 Å². The Hall–Kier alpha value is -1.85. The molecule has 1 aromatic rings. The topological polar surface area (TPSA) is 76.0 Å². The number of nitrogens with one attached hydrogen (secondary N) is 2. The summed E-state index contributed by atoms with van der Waals surface area (Å²) in [5.41, 5.74) is 1.13. The third kappa shape index (κ3) is 4.56. The molecule has 2 amide bonds. The van der Waals surface area contributed by atoms with Crippen LogP contribution < -0.4 is 10.6 Å². The number of nitrogens with zero attached hydrogens (tertiary/aromatic N) is 2. The molecule has 1 heterocycles. The quantitative estimate of drug-likeness (QED) is 0.791. The van der Waals surface area contributed by atoms with Gasteiger partial charge in [0.25, 0.3) is 0 Å². The van der Waals surface area contributed by atoms with Crippen molar-refractivity contribution in [3.63, 3.8) is 0 Å². The van der Waals surface area contributed by atoms with E-state index in [0.717, 1.165) is 18.5 Å². The molecule has 0 bridgehead atoms. The van der Waals surface area contributed by atoms with Gasteiger partial charge >= 0.3 is 11.8 Å². The molecule has 1 aliphatic rings. The molecule has 1 fully saturated rings. The molecule has 6 heteroatoms. The number of carbonyl (C=O) groups excluding carboxylic acids is 2. The fraction of sp³-hybridized carbons (Fsp3) is 0.706. The van der Waals surface area contributed by atoms with Gasteiger partial charge in [-0.15, -0.1) is 0 Å². The van der Waals surface area contributed by atoms with Crippen molar-refractivity contribution in [3.8, 4) is 0 Å². The zero-order valence-electron chi connectivity index (χ0n) is 14.4. The van der Waals surface area contributed by atoms with Crippen LogP contribution in [0.2, 0.25) is 0 Å². The highest BCUT2D eigenvalue weighted by atomic mass is 16.2. The highest BCUT2D eigenvalue weighted by molar-refractivity contribution is 6.39. The van der Waals surface area contributed by atoms with Crippen LogP contribution in [0.15, 0.2) is 6.07 Å². The summed E-state index contributed by atoms with van der Waals surface area (Å²) in [7, 11) is 1.89. The first-order valence-corrected chi connectivity index (χ1v) is 8.68. The van der Waals surface area contributed by atoms with Crippen molar-refractivity contribution < 1.29 is 9.59 Å². The van der Waals surface area contributed by atoms with Gasteiger partial charge < -0.3 is 10.6 Å². The van der Waals surface area contributed by atoms with E-state index in [4.69, 9.17) is 0 Å². The van der Waals surface area contributed by atoms with Crippen molar-refractivity contribution in [2.75, 3.05) is 11.9 Å². The molecule has 0 spiro atoms. The minimum atomic E-state index is -0.646. The zero-order chi connectivity index (χ0) is 16.8. The standard InChI is InChI=1S/C17H28N4O2/c1-4-12(5-2)11-18-16(22)17(23)19-15-10-14(21(3)20-15)13-8-6-7-9-13/h10,12-13H,4-9,11H2,1-3H3,(H,18,22)(H,19,20,23). The van der Waals surface area contributed by atoms with Gasteiger partial charge in [-0.05, 0) is 18.8 Å². The predicted molar refractivity (Wildman–Crippen MR) is 90.1 cm³/mol. The van der Waals surface area contributed by atoms with Crippen molar-refractivity contribution in [1.29, 1.82) is 0 Å². The summed E-state index contributed by atoms with van der Waals surface area (Å²) in [6.45, 7) is 4.70. The van der Waals surface area contributed by atoms with E-state index in [1.807, 2.05) is 17.8 Å². The monoisotopic (exact) mass is 320 g/mol. The van der Waals surface area contributed by atoms with Gasteiger partial charge in [-0.1, -0.05) is 39.5 Å². The summed E-state index contributed by atoms with van der Waals surface area (Å²) in [5, 5.41) is 9.61. The van der Waals surface area contributed by atoms with Crippen molar-refractivity contribution in [1.82, 2.24) is 15.1 Å². The molecule has 1 aromatic heterocycles. The van der Waals surface area contributed by atoms with E-state index in [-0.39, 0.29) is 0 Å². The highest BCUT2D eigenvalue weighted by Gasteiger charge is 2.22. The fourth-order valence-electron chi connectivity index (χ4n) is 3.21. The lowest BCUT2D eigenvalue weighted by molar-refractivity contribution is -0.136. The molecule has 1 aliphatic carbocycles. The van der Waals surface area contributed by atoms with Crippen molar-refractivity contribution in [2.45, 2.75) is 58.3 Å². The van der Waals surface area contributed by atoms with Crippen LogP contribution in [-0.2, 0) is 16.6 Å². The van der Waals surface area contributed by atoms with Crippen LogP contribution in [0.25, 0.3) is 0 Å². The molecule has 0 saturated heterocycles. The Morgan fingerprint density at radius 3 is 2.52 bits per heavy atom. The average molecular weight is 320 g/mol. The number of aromatic nitrogens is 2. The normalized spacial score (nSPS) is 15.1. The molecule has 0 atom stereocenters. The zero-order valence-corrected chi connectivity index (χ0v) is 14.4. The summed E-state index contributed by atoms with van der Waals surface area (Å²) < 4.78 is 1.81. The van der Waals surface area contributed by atoms with Gasteiger partial charge in [0.05, 0.1) is 0 Å². The smallest absolute Gasteiger partial charge is 0.314 e. The average Bonchev–Trinajstić information content (AvgIpc) is 3.17. The first-order valence-electron chi connectivity index (χ1n) is 8.68. The van der Waals surface area contributed by atoms with Crippen LogP contribution in [0.4, 0.5) is 5.82 Å². The predicted octanol–water partition coefficient (Wildman–Crippen LogP) is 2.57. The second-order valence-corrected chi connectivity index (χ2v) is 6.41. The number of hydrogen-bond acceptors (Lipinski definition) is 3. The Bertz CT molecular complexity index is 543. The lowest BCUT2D eigenvalue weighted by atomic mass is 10.0. The number of carbonyl (C=O) groups is 2. The van der Waals surface area contributed by atoms with Gasteiger partial charge in [0.15, 0.2) is 5.82 Å². The molecule has 0 radical (unpaired) electrons. The van der Waals surface area contributed by atoms with Gasteiger partial charge in [0, 0.05) is 31.3 Å². The van der Waals surface area contributed by atoms with Crippen molar-refractivity contribution in [3.05, 3.63) is 11.8 Å². The summed E-state index contributed by atoms with van der Waals surface area (Å²) in [4.78, 5) is 23.8. The Labute approximate surface area is 138 Å². The first kappa shape index (κ1) is 17.5. The second-order valence-electron chi connectivity index (χ2n) is 6.41. The largest absolute Gasteiger partial charge is 0.348 e. The number of anilines is 1. The molecule has 2 N–H and O–H groups in total. The molecule has 0 aromatic carbocycles. The van der Waals surface area contributed by atoms with Crippen LogP contribution in [0, 0.1) is 5.92 Å². The second kappa shape index (κ2) is 8.13.